The molecule has 0 bridgehead atoms. The molecule has 1 aromatic heterocycles. The predicted molar refractivity (Wildman–Crippen MR) is 97.5 cm³/mol. The lowest BCUT2D eigenvalue weighted by molar-refractivity contribution is -0.385. The molecule has 1 fully saturated rings. The first-order valence-electron chi connectivity index (χ1n) is 8.69. The molecule has 2 aromatic rings. The zero-order chi connectivity index (χ0) is 19.6. The first-order valence-corrected chi connectivity index (χ1v) is 8.69. The highest BCUT2D eigenvalue weighted by molar-refractivity contribution is 5.95. The van der Waals surface area contributed by atoms with Crippen LogP contribution in [0.1, 0.15) is 35.1 Å². The van der Waals surface area contributed by atoms with Crippen molar-refractivity contribution in [1.29, 1.82) is 0 Å². The quantitative estimate of drug-likeness (QED) is 0.484. The van der Waals surface area contributed by atoms with Gasteiger partial charge in [-0.3, -0.25) is 10.1 Å². The normalized spacial score (nSPS) is 16.2. The Labute approximate surface area is 156 Å². The average molecular weight is 374 g/mol. The maximum atomic E-state index is 11.9. The molecule has 9 heteroatoms. The van der Waals surface area contributed by atoms with Crippen molar-refractivity contribution in [3.8, 4) is 0 Å². The Morgan fingerprint density at radius 3 is 2.67 bits per heavy atom. The molecule has 0 saturated carbocycles. The van der Waals surface area contributed by atoms with E-state index in [4.69, 9.17) is 0 Å². The number of aryl methyl sites for hydroxylation is 1. The molecule has 1 saturated heterocycles. The zero-order valence-electron chi connectivity index (χ0n) is 15.2. The van der Waals surface area contributed by atoms with Crippen LogP contribution in [-0.2, 0) is 11.8 Å². The van der Waals surface area contributed by atoms with E-state index in [0.29, 0.717) is 18.9 Å². The Hall–Kier alpha value is -2.94. The number of carbonyl (C=O) groups is 1. The number of carbonyl (C=O) groups excluding carboxylic acids is 1. The van der Waals surface area contributed by atoms with E-state index in [0.717, 1.165) is 18.5 Å². The van der Waals surface area contributed by atoms with Crippen LogP contribution in [0.3, 0.4) is 0 Å². The number of methoxy groups -OCH3 is 1. The van der Waals surface area contributed by atoms with Gasteiger partial charge in [-0.25, -0.2) is 9.78 Å². The van der Waals surface area contributed by atoms with Crippen molar-refractivity contribution in [1.82, 2.24) is 9.55 Å². The van der Waals surface area contributed by atoms with Gasteiger partial charge in [-0.05, 0) is 30.9 Å². The van der Waals surface area contributed by atoms with Crippen LogP contribution in [0.15, 0.2) is 30.6 Å². The number of rotatable bonds is 5. The molecule has 27 heavy (non-hydrogen) atoms. The fourth-order valence-electron chi connectivity index (χ4n) is 3.50. The number of esters is 1. The summed E-state index contributed by atoms with van der Waals surface area (Å²) in [5.74, 6) is 0.000814. The van der Waals surface area contributed by atoms with E-state index in [1.165, 1.54) is 19.2 Å². The van der Waals surface area contributed by atoms with Crippen molar-refractivity contribution in [2.75, 3.05) is 25.1 Å². The fourth-order valence-corrected chi connectivity index (χ4v) is 3.50. The summed E-state index contributed by atoms with van der Waals surface area (Å²) in [5, 5.41) is 21.7. The van der Waals surface area contributed by atoms with Gasteiger partial charge in [-0.15, -0.1) is 0 Å². The van der Waals surface area contributed by atoms with Gasteiger partial charge >= 0.3 is 5.97 Å². The number of aromatic nitrogens is 2. The summed E-state index contributed by atoms with van der Waals surface area (Å²) >= 11 is 0. The van der Waals surface area contributed by atoms with Crippen molar-refractivity contribution >= 4 is 17.3 Å². The topological polar surface area (TPSA) is 111 Å². The first-order chi connectivity index (χ1) is 12.9. The van der Waals surface area contributed by atoms with Gasteiger partial charge in [0.15, 0.2) is 0 Å². The third kappa shape index (κ3) is 3.77. The number of anilines is 1. The molecule has 1 aromatic carbocycles. The van der Waals surface area contributed by atoms with Crippen molar-refractivity contribution < 1.29 is 19.6 Å². The molecule has 0 aliphatic carbocycles. The van der Waals surface area contributed by atoms with E-state index in [9.17, 15) is 20.0 Å². The van der Waals surface area contributed by atoms with Gasteiger partial charge in [0, 0.05) is 44.3 Å². The van der Waals surface area contributed by atoms with E-state index in [1.807, 2.05) is 11.6 Å². The lowest BCUT2D eigenvalue weighted by Gasteiger charge is -2.35. The Morgan fingerprint density at radius 1 is 1.41 bits per heavy atom. The lowest BCUT2D eigenvalue weighted by Crippen LogP contribution is -2.36. The van der Waals surface area contributed by atoms with E-state index >= 15 is 0 Å². The molecule has 2 heterocycles. The Bertz CT molecular complexity index is 842. The summed E-state index contributed by atoms with van der Waals surface area (Å²) in [5.41, 5.74) is 0.395. The standard InChI is InChI=1S/C18H22N4O5/c1-20-10-7-19-17(20)16(23)12-5-8-21(9-6-12)13-3-4-15(22(25)26)14(11-13)18(24)27-2/h3-4,7,10-12,16,23H,5-6,8-9H2,1-2H3. The zero-order valence-corrected chi connectivity index (χ0v) is 15.2. The maximum Gasteiger partial charge on any atom is 0.344 e. The monoisotopic (exact) mass is 374 g/mol. The van der Waals surface area contributed by atoms with Gasteiger partial charge < -0.3 is 19.3 Å². The molecule has 0 radical (unpaired) electrons. The summed E-state index contributed by atoms with van der Waals surface area (Å²) in [4.78, 5) is 28.7. The molecular formula is C18H22N4O5. The van der Waals surface area contributed by atoms with Crippen molar-refractivity contribution in [2.24, 2.45) is 13.0 Å². The molecule has 1 aliphatic rings. The number of aliphatic hydroxyl groups excluding tert-OH is 1. The summed E-state index contributed by atoms with van der Waals surface area (Å²) in [6, 6.07) is 4.47. The second-order valence-electron chi connectivity index (χ2n) is 6.62. The minimum atomic E-state index is -0.733. The van der Waals surface area contributed by atoms with Gasteiger partial charge in [0.25, 0.3) is 5.69 Å². The Kier molecular flexibility index (Phi) is 5.41. The van der Waals surface area contributed by atoms with Crippen LogP contribution in [0.5, 0.6) is 0 Å². The molecule has 3 rings (SSSR count). The summed E-state index contributed by atoms with van der Waals surface area (Å²) in [6.07, 6.45) is 4.34. The Morgan fingerprint density at radius 2 is 2.11 bits per heavy atom. The molecule has 1 unspecified atom stereocenters. The molecular weight excluding hydrogens is 352 g/mol. The summed E-state index contributed by atoms with van der Waals surface area (Å²) < 4.78 is 6.48. The van der Waals surface area contributed by atoms with Crippen LogP contribution >= 0.6 is 0 Å². The minimum absolute atomic E-state index is 0.0600. The van der Waals surface area contributed by atoms with E-state index < -0.39 is 17.0 Å². The second kappa shape index (κ2) is 7.75. The minimum Gasteiger partial charge on any atom is -0.465 e. The number of nitro benzene ring substituents is 1. The molecule has 0 spiro atoms. The van der Waals surface area contributed by atoms with Gasteiger partial charge in [0.05, 0.1) is 12.0 Å². The number of imidazole rings is 1. The number of hydrogen-bond donors (Lipinski definition) is 1. The number of nitrogens with zero attached hydrogens (tertiary/aromatic N) is 4. The maximum absolute atomic E-state index is 11.9. The van der Waals surface area contributed by atoms with Gasteiger partial charge in [-0.1, -0.05) is 0 Å². The van der Waals surface area contributed by atoms with Crippen molar-refractivity contribution in [2.45, 2.75) is 18.9 Å². The number of hydrogen-bond acceptors (Lipinski definition) is 7. The highest BCUT2D eigenvalue weighted by Crippen LogP contribution is 2.33. The van der Waals surface area contributed by atoms with E-state index in [-0.39, 0.29) is 17.2 Å². The number of benzene rings is 1. The molecule has 9 nitrogen and oxygen atoms in total. The van der Waals surface area contributed by atoms with Gasteiger partial charge in [-0.2, -0.15) is 0 Å². The first kappa shape index (κ1) is 18.8. The SMILES string of the molecule is COC(=O)c1cc(N2CCC(C(O)c3nccn3C)CC2)ccc1[N+](=O)[O-]. The molecule has 144 valence electrons. The Balaban J connectivity index is 1.73. The number of aliphatic hydroxyl groups is 1. The average Bonchev–Trinajstić information content (AvgIpc) is 3.12. The summed E-state index contributed by atoms with van der Waals surface area (Å²) in [7, 11) is 3.05. The number of nitro groups is 1. The van der Waals surface area contributed by atoms with Crippen LogP contribution in [0.25, 0.3) is 0 Å². The third-order valence-corrected chi connectivity index (χ3v) is 5.06. The van der Waals surface area contributed by atoms with Gasteiger partial charge in [0.2, 0.25) is 0 Å². The molecule has 0 amide bonds. The molecule has 1 aliphatic heterocycles. The van der Waals surface area contributed by atoms with Gasteiger partial charge in [0.1, 0.15) is 17.5 Å². The second-order valence-corrected chi connectivity index (χ2v) is 6.62. The van der Waals surface area contributed by atoms with Crippen LogP contribution in [0, 0.1) is 16.0 Å². The van der Waals surface area contributed by atoms with Crippen LogP contribution in [-0.4, -0.2) is 45.7 Å². The smallest absolute Gasteiger partial charge is 0.344 e. The molecule has 1 N–H and O–H groups in total. The van der Waals surface area contributed by atoms with E-state index in [2.05, 4.69) is 14.6 Å². The highest BCUT2D eigenvalue weighted by atomic mass is 16.6. The van der Waals surface area contributed by atoms with Crippen molar-refractivity contribution in [3.05, 3.63) is 52.1 Å². The largest absolute Gasteiger partial charge is 0.465 e. The fraction of sp³-hybridized carbons (Fsp3) is 0.444. The predicted octanol–water partition coefficient (Wildman–Crippen LogP) is 2.06. The van der Waals surface area contributed by atoms with E-state index in [1.54, 1.807) is 18.5 Å². The number of ether oxygens (including phenoxy) is 1. The number of piperidine rings is 1. The van der Waals surface area contributed by atoms with Crippen LogP contribution < -0.4 is 4.90 Å². The summed E-state index contributed by atoms with van der Waals surface area (Å²) in [6.45, 7) is 1.34. The molecule has 1 atom stereocenters. The van der Waals surface area contributed by atoms with Crippen LogP contribution in [0.2, 0.25) is 0 Å². The highest BCUT2D eigenvalue weighted by Gasteiger charge is 2.29. The lowest BCUT2D eigenvalue weighted by atomic mass is 9.90. The van der Waals surface area contributed by atoms with Crippen LogP contribution in [0.4, 0.5) is 11.4 Å². The third-order valence-electron chi connectivity index (χ3n) is 5.06. The van der Waals surface area contributed by atoms with Crippen molar-refractivity contribution in [3.63, 3.8) is 0 Å².